The summed E-state index contributed by atoms with van der Waals surface area (Å²) in [5, 5.41) is 9.65. The largest absolute Gasteiger partial charge is 0.507 e. The van der Waals surface area contributed by atoms with Gasteiger partial charge in [-0.2, -0.15) is 0 Å². The van der Waals surface area contributed by atoms with Crippen LogP contribution in [0.4, 0.5) is 4.39 Å². The Kier molecular flexibility index (Phi) is 4.57. The zero-order valence-electron chi connectivity index (χ0n) is 12.8. The molecule has 0 saturated heterocycles. The summed E-state index contributed by atoms with van der Waals surface area (Å²) in [6.07, 6.45) is 0.558. The first-order valence-corrected chi connectivity index (χ1v) is 7.43. The molecule has 0 aliphatic rings. The second-order valence-corrected chi connectivity index (χ2v) is 5.27. The van der Waals surface area contributed by atoms with Crippen LogP contribution in [0.15, 0.2) is 66.7 Å². The summed E-state index contributed by atoms with van der Waals surface area (Å²) in [6, 6.07) is 18.8. The van der Waals surface area contributed by atoms with Gasteiger partial charge in [-0.25, -0.2) is 4.39 Å². The molecule has 0 fully saturated rings. The van der Waals surface area contributed by atoms with E-state index in [9.17, 15) is 14.3 Å². The van der Waals surface area contributed by atoms with E-state index in [0.29, 0.717) is 23.2 Å². The summed E-state index contributed by atoms with van der Waals surface area (Å²) < 4.78 is 20.2. The van der Waals surface area contributed by atoms with Crippen LogP contribution in [0.1, 0.15) is 15.9 Å². The molecule has 0 saturated carbocycles. The van der Waals surface area contributed by atoms with Gasteiger partial charge in [-0.05, 0) is 17.7 Å². The lowest BCUT2D eigenvalue weighted by atomic mass is 10.0. The predicted octanol–water partition coefficient (Wildman–Crippen LogP) is 4.59. The summed E-state index contributed by atoms with van der Waals surface area (Å²) in [4.78, 5) is 10.7. The molecule has 3 aromatic rings. The van der Waals surface area contributed by atoms with Gasteiger partial charge in [-0.15, -0.1) is 0 Å². The van der Waals surface area contributed by atoms with E-state index < -0.39 is 0 Å². The highest BCUT2D eigenvalue weighted by molar-refractivity contribution is 5.79. The molecule has 0 heterocycles. The maximum Gasteiger partial charge on any atom is 0.153 e. The van der Waals surface area contributed by atoms with Crippen molar-refractivity contribution in [3.63, 3.8) is 0 Å². The van der Waals surface area contributed by atoms with Crippen molar-refractivity contribution in [2.45, 2.75) is 6.61 Å². The van der Waals surface area contributed by atoms with Gasteiger partial charge in [0.2, 0.25) is 0 Å². The van der Waals surface area contributed by atoms with Gasteiger partial charge >= 0.3 is 0 Å². The molecule has 0 radical (unpaired) electrons. The molecular weight excluding hydrogens is 307 g/mol. The van der Waals surface area contributed by atoms with Gasteiger partial charge in [0.1, 0.15) is 23.9 Å². The Balaban J connectivity index is 1.81. The minimum Gasteiger partial charge on any atom is -0.507 e. The van der Waals surface area contributed by atoms with E-state index in [2.05, 4.69) is 0 Å². The lowest BCUT2D eigenvalue weighted by Crippen LogP contribution is -2.00. The Bertz CT molecular complexity index is 860. The molecule has 3 aromatic carbocycles. The van der Waals surface area contributed by atoms with Crippen LogP contribution in [0.5, 0.6) is 11.5 Å². The summed E-state index contributed by atoms with van der Waals surface area (Å²) in [7, 11) is 0. The van der Waals surface area contributed by atoms with Crippen LogP contribution in [0, 0.1) is 5.82 Å². The lowest BCUT2D eigenvalue weighted by Gasteiger charge is -2.11. The van der Waals surface area contributed by atoms with Crippen LogP contribution in [0.3, 0.4) is 0 Å². The van der Waals surface area contributed by atoms with Crippen molar-refractivity contribution in [3.8, 4) is 22.6 Å². The van der Waals surface area contributed by atoms with Crippen molar-refractivity contribution in [3.05, 3.63) is 83.7 Å². The number of phenols is 1. The number of halogens is 1. The van der Waals surface area contributed by atoms with E-state index in [0.717, 1.165) is 5.56 Å². The number of rotatable bonds is 5. The summed E-state index contributed by atoms with van der Waals surface area (Å²) in [5.41, 5.74) is 1.90. The Hall–Kier alpha value is -3.14. The van der Waals surface area contributed by atoms with Gasteiger partial charge < -0.3 is 9.84 Å². The van der Waals surface area contributed by atoms with Crippen LogP contribution in [-0.2, 0) is 6.61 Å². The van der Waals surface area contributed by atoms with Crippen LogP contribution >= 0.6 is 0 Å². The number of ether oxygens (including phenoxy) is 1. The number of hydrogen-bond acceptors (Lipinski definition) is 3. The van der Waals surface area contributed by atoms with E-state index in [-0.39, 0.29) is 23.7 Å². The van der Waals surface area contributed by atoms with Crippen molar-refractivity contribution in [1.29, 1.82) is 0 Å². The summed E-state index contributed by atoms with van der Waals surface area (Å²) in [5.74, 6) is -0.138. The molecule has 0 aliphatic carbocycles. The summed E-state index contributed by atoms with van der Waals surface area (Å²) >= 11 is 0. The number of aldehydes is 1. The fraction of sp³-hybridized carbons (Fsp3) is 0.0500. The fourth-order valence-corrected chi connectivity index (χ4v) is 2.41. The molecule has 0 aromatic heterocycles. The van der Waals surface area contributed by atoms with Crippen molar-refractivity contribution in [1.82, 2.24) is 0 Å². The molecule has 24 heavy (non-hydrogen) atoms. The first-order chi connectivity index (χ1) is 11.7. The molecule has 120 valence electrons. The Morgan fingerprint density at radius 1 is 1.00 bits per heavy atom. The standard InChI is InChI=1S/C20H15FO3/c21-20-16(7-4-8-18(20)14-5-2-1-3-6-14)13-24-17-10-9-15(12-22)19(23)11-17/h1-12,23H,13H2. The average Bonchev–Trinajstić information content (AvgIpc) is 2.62. The Labute approximate surface area is 139 Å². The van der Waals surface area contributed by atoms with E-state index >= 15 is 0 Å². The number of benzene rings is 3. The van der Waals surface area contributed by atoms with Gasteiger partial charge in [0.05, 0.1) is 5.56 Å². The van der Waals surface area contributed by atoms with Gasteiger partial charge in [-0.1, -0.05) is 48.5 Å². The first kappa shape index (κ1) is 15.7. The number of aromatic hydroxyl groups is 1. The number of carbonyl (C=O) groups excluding carboxylic acids is 1. The van der Waals surface area contributed by atoms with E-state index in [1.54, 1.807) is 24.3 Å². The maximum absolute atomic E-state index is 14.7. The van der Waals surface area contributed by atoms with Crippen LogP contribution in [0.25, 0.3) is 11.1 Å². The van der Waals surface area contributed by atoms with E-state index in [1.165, 1.54) is 12.1 Å². The minimum absolute atomic E-state index is 0.0202. The third kappa shape index (κ3) is 3.27. The van der Waals surface area contributed by atoms with Crippen LogP contribution in [-0.4, -0.2) is 11.4 Å². The third-order valence-electron chi connectivity index (χ3n) is 3.69. The van der Waals surface area contributed by atoms with Crippen molar-refractivity contribution in [2.24, 2.45) is 0 Å². The highest BCUT2D eigenvalue weighted by Crippen LogP contribution is 2.27. The molecule has 0 spiro atoms. The average molecular weight is 322 g/mol. The highest BCUT2D eigenvalue weighted by atomic mass is 19.1. The Morgan fingerprint density at radius 3 is 2.50 bits per heavy atom. The number of carbonyl (C=O) groups is 1. The smallest absolute Gasteiger partial charge is 0.153 e. The second-order valence-electron chi connectivity index (χ2n) is 5.27. The molecule has 1 N–H and O–H groups in total. The van der Waals surface area contributed by atoms with Crippen molar-refractivity contribution in [2.75, 3.05) is 0 Å². The zero-order chi connectivity index (χ0) is 16.9. The highest BCUT2D eigenvalue weighted by Gasteiger charge is 2.10. The summed E-state index contributed by atoms with van der Waals surface area (Å²) in [6.45, 7) is 0.0202. The van der Waals surface area contributed by atoms with Gasteiger partial charge in [0.25, 0.3) is 0 Å². The van der Waals surface area contributed by atoms with Gasteiger partial charge in [0.15, 0.2) is 6.29 Å². The minimum atomic E-state index is -0.336. The SMILES string of the molecule is O=Cc1ccc(OCc2cccc(-c3ccccc3)c2F)cc1O. The third-order valence-corrected chi connectivity index (χ3v) is 3.69. The second kappa shape index (κ2) is 6.96. The lowest BCUT2D eigenvalue weighted by molar-refractivity contribution is 0.112. The normalized spacial score (nSPS) is 10.4. The molecule has 0 aliphatic heterocycles. The van der Waals surface area contributed by atoms with Crippen LogP contribution in [0.2, 0.25) is 0 Å². The van der Waals surface area contributed by atoms with E-state index in [1.807, 2.05) is 30.3 Å². The monoisotopic (exact) mass is 322 g/mol. The zero-order valence-corrected chi connectivity index (χ0v) is 12.8. The molecule has 0 atom stereocenters. The maximum atomic E-state index is 14.7. The topological polar surface area (TPSA) is 46.5 Å². The fourth-order valence-electron chi connectivity index (χ4n) is 2.41. The van der Waals surface area contributed by atoms with Crippen LogP contribution < -0.4 is 4.74 Å². The number of hydrogen-bond donors (Lipinski definition) is 1. The Morgan fingerprint density at radius 2 is 1.79 bits per heavy atom. The molecular formula is C20H15FO3. The molecule has 0 bridgehead atoms. The van der Waals surface area contributed by atoms with E-state index in [4.69, 9.17) is 4.74 Å². The quantitative estimate of drug-likeness (QED) is 0.699. The molecule has 4 heteroatoms. The van der Waals surface area contributed by atoms with Gasteiger partial charge in [0, 0.05) is 17.2 Å². The molecule has 3 rings (SSSR count). The number of phenolic OH excluding ortho intramolecular Hbond substituents is 1. The first-order valence-electron chi connectivity index (χ1n) is 7.43. The predicted molar refractivity (Wildman–Crippen MR) is 89.7 cm³/mol. The van der Waals surface area contributed by atoms with Crippen molar-refractivity contribution >= 4 is 6.29 Å². The van der Waals surface area contributed by atoms with Crippen molar-refractivity contribution < 1.29 is 19.0 Å². The molecule has 3 nitrogen and oxygen atoms in total. The molecule has 0 amide bonds. The van der Waals surface area contributed by atoms with Gasteiger partial charge in [-0.3, -0.25) is 4.79 Å². The molecule has 0 unspecified atom stereocenters.